The largest absolute Gasteiger partial charge is 0.353 e. The average molecular weight is 258 g/mol. The van der Waals surface area contributed by atoms with E-state index in [1.807, 2.05) is 6.07 Å². The lowest BCUT2D eigenvalue weighted by Gasteiger charge is -2.32. The lowest BCUT2D eigenvalue weighted by molar-refractivity contribution is -0.141. The Labute approximate surface area is 112 Å². The van der Waals surface area contributed by atoms with Gasteiger partial charge in [0.05, 0.1) is 6.54 Å². The van der Waals surface area contributed by atoms with Crippen LogP contribution in [0.3, 0.4) is 0 Å². The van der Waals surface area contributed by atoms with Crippen molar-refractivity contribution < 1.29 is 9.59 Å². The number of amides is 2. The number of nitrogens with zero attached hydrogens (tertiary/aromatic N) is 1. The van der Waals surface area contributed by atoms with Crippen LogP contribution in [0, 0.1) is 5.92 Å². The Morgan fingerprint density at radius 3 is 2.84 bits per heavy atom. The maximum Gasteiger partial charge on any atom is 0.239 e. The third-order valence-electron chi connectivity index (χ3n) is 4.05. The monoisotopic (exact) mass is 258 g/mol. The zero-order valence-corrected chi connectivity index (χ0v) is 10.9. The molecule has 0 saturated carbocycles. The molecule has 0 spiro atoms. The highest BCUT2D eigenvalue weighted by Crippen LogP contribution is 2.26. The molecule has 4 heteroatoms. The van der Waals surface area contributed by atoms with Crippen LogP contribution in [-0.4, -0.2) is 36.3 Å². The lowest BCUT2D eigenvalue weighted by atomic mass is 9.83. The molecule has 1 aromatic carbocycles. The number of nitrogens with one attached hydrogen (secondary N) is 1. The number of aryl methyl sites for hydroxylation is 1. The van der Waals surface area contributed by atoms with E-state index in [0.29, 0.717) is 13.1 Å². The predicted molar refractivity (Wildman–Crippen MR) is 71.5 cm³/mol. The fraction of sp³-hybridized carbons (Fsp3) is 0.467. The third kappa shape index (κ3) is 2.48. The molecule has 0 radical (unpaired) electrons. The van der Waals surface area contributed by atoms with Crippen LogP contribution in [0.1, 0.15) is 17.5 Å². The van der Waals surface area contributed by atoms with Gasteiger partial charge in [0.2, 0.25) is 11.8 Å². The molecule has 1 fully saturated rings. The van der Waals surface area contributed by atoms with E-state index in [9.17, 15) is 9.59 Å². The van der Waals surface area contributed by atoms with Gasteiger partial charge in [-0.2, -0.15) is 0 Å². The van der Waals surface area contributed by atoms with Crippen LogP contribution < -0.4 is 5.32 Å². The summed E-state index contributed by atoms with van der Waals surface area (Å²) < 4.78 is 0. The van der Waals surface area contributed by atoms with Crippen molar-refractivity contribution in [1.29, 1.82) is 0 Å². The number of rotatable bonds is 1. The van der Waals surface area contributed by atoms with Gasteiger partial charge in [0.25, 0.3) is 0 Å². The summed E-state index contributed by atoms with van der Waals surface area (Å²) in [4.78, 5) is 25.5. The van der Waals surface area contributed by atoms with E-state index in [-0.39, 0.29) is 24.3 Å². The van der Waals surface area contributed by atoms with Crippen LogP contribution in [0.2, 0.25) is 0 Å². The van der Waals surface area contributed by atoms with Crippen LogP contribution in [0.4, 0.5) is 0 Å². The van der Waals surface area contributed by atoms with Gasteiger partial charge in [-0.1, -0.05) is 24.3 Å². The van der Waals surface area contributed by atoms with Crippen molar-refractivity contribution in [2.45, 2.75) is 19.3 Å². The number of piperazine rings is 1. The van der Waals surface area contributed by atoms with Crippen molar-refractivity contribution in [3.05, 3.63) is 35.4 Å². The first kappa shape index (κ1) is 12.2. The molecule has 1 aliphatic carbocycles. The molecule has 0 bridgehead atoms. The minimum absolute atomic E-state index is 0.0424. The Morgan fingerprint density at radius 1 is 1.26 bits per heavy atom. The van der Waals surface area contributed by atoms with Crippen LogP contribution in [-0.2, 0) is 22.4 Å². The number of hydrogen-bond acceptors (Lipinski definition) is 2. The zero-order valence-electron chi connectivity index (χ0n) is 10.9. The molecule has 100 valence electrons. The second-order valence-electron chi connectivity index (χ2n) is 5.32. The Bertz CT molecular complexity index is 513. The van der Waals surface area contributed by atoms with E-state index in [0.717, 1.165) is 19.3 Å². The number of carbonyl (C=O) groups excluding carboxylic acids is 2. The molecule has 2 amide bonds. The molecule has 1 heterocycles. The van der Waals surface area contributed by atoms with Crippen LogP contribution in [0.5, 0.6) is 0 Å². The highest BCUT2D eigenvalue weighted by molar-refractivity contribution is 5.87. The normalized spacial score (nSPS) is 22.6. The summed E-state index contributed by atoms with van der Waals surface area (Å²) in [5.41, 5.74) is 2.65. The molecule has 0 aromatic heterocycles. The summed E-state index contributed by atoms with van der Waals surface area (Å²) >= 11 is 0. The molecule has 19 heavy (non-hydrogen) atoms. The molecular weight excluding hydrogens is 240 g/mol. The van der Waals surface area contributed by atoms with Gasteiger partial charge < -0.3 is 10.2 Å². The summed E-state index contributed by atoms with van der Waals surface area (Å²) in [5.74, 6) is 0.140. The van der Waals surface area contributed by atoms with Gasteiger partial charge >= 0.3 is 0 Å². The summed E-state index contributed by atoms with van der Waals surface area (Å²) in [6.45, 7) is 1.44. The fourth-order valence-corrected chi connectivity index (χ4v) is 2.99. The van der Waals surface area contributed by atoms with E-state index in [1.54, 1.807) is 4.90 Å². The maximum absolute atomic E-state index is 12.5. The number of carbonyl (C=O) groups is 2. The maximum atomic E-state index is 12.5. The minimum atomic E-state index is -0.0455. The van der Waals surface area contributed by atoms with Gasteiger partial charge in [-0.25, -0.2) is 0 Å². The van der Waals surface area contributed by atoms with Crippen molar-refractivity contribution in [1.82, 2.24) is 10.2 Å². The predicted octanol–water partition coefficient (Wildman–Crippen LogP) is 0.750. The van der Waals surface area contributed by atoms with Gasteiger partial charge in [-0.15, -0.1) is 0 Å². The summed E-state index contributed by atoms with van der Waals surface area (Å²) in [6, 6.07) is 8.33. The lowest BCUT2D eigenvalue weighted by Crippen LogP contribution is -2.52. The summed E-state index contributed by atoms with van der Waals surface area (Å²) in [5, 5.41) is 2.75. The van der Waals surface area contributed by atoms with E-state index < -0.39 is 0 Å². The average Bonchev–Trinajstić information content (AvgIpc) is 2.46. The molecule has 1 unspecified atom stereocenters. The topological polar surface area (TPSA) is 49.4 Å². The third-order valence-corrected chi connectivity index (χ3v) is 4.05. The van der Waals surface area contributed by atoms with Gasteiger partial charge in [0.1, 0.15) is 0 Å². The van der Waals surface area contributed by atoms with E-state index in [1.165, 1.54) is 11.1 Å². The molecule has 1 aromatic rings. The quantitative estimate of drug-likeness (QED) is 0.808. The van der Waals surface area contributed by atoms with Gasteiger partial charge in [0.15, 0.2) is 0 Å². The number of benzene rings is 1. The Kier molecular flexibility index (Phi) is 3.23. The van der Waals surface area contributed by atoms with Crippen LogP contribution >= 0.6 is 0 Å². The molecule has 4 nitrogen and oxygen atoms in total. The molecule has 1 aliphatic heterocycles. The fourth-order valence-electron chi connectivity index (χ4n) is 2.99. The zero-order chi connectivity index (χ0) is 13.2. The van der Waals surface area contributed by atoms with Crippen molar-refractivity contribution in [2.24, 2.45) is 5.92 Å². The van der Waals surface area contributed by atoms with Crippen molar-refractivity contribution >= 4 is 11.8 Å². The molecule has 1 atom stereocenters. The first-order valence-electron chi connectivity index (χ1n) is 6.86. The van der Waals surface area contributed by atoms with Gasteiger partial charge in [0, 0.05) is 19.0 Å². The number of hydrogen-bond donors (Lipinski definition) is 1. The van der Waals surface area contributed by atoms with Gasteiger partial charge in [-0.05, 0) is 30.4 Å². The first-order valence-corrected chi connectivity index (χ1v) is 6.86. The van der Waals surface area contributed by atoms with Crippen molar-refractivity contribution in [3.8, 4) is 0 Å². The SMILES string of the molecule is O=C1CN(C(=O)C2CCc3ccccc3C2)CCN1. The summed E-state index contributed by atoms with van der Waals surface area (Å²) in [7, 11) is 0. The Balaban J connectivity index is 1.70. The highest BCUT2D eigenvalue weighted by atomic mass is 16.2. The first-order chi connectivity index (χ1) is 9.24. The molecule has 3 rings (SSSR count). The highest BCUT2D eigenvalue weighted by Gasteiger charge is 2.30. The Morgan fingerprint density at radius 2 is 2.05 bits per heavy atom. The van der Waals surface area contributed by atoms with E-state index >= 15 is 0 Å². The van der Waals surface area contributed by atoms with Crippen molar-refractivity contribution in [3.63, 3.8) is 0 Å². The summed E-state index contributed by atoms with van der Waals surface area (Å²) in [6.07, 6.45) is 2.67. The van der Waals surface area contributed by atoms with E-state index in [2.05, 4.69) is 23.5 Å². The minimum Gasteiger partial charge on any atom is -0.353 e. The molecule has 1 N–H and O–H groups in total. The standard InChI is InChI=1S/C15H18N2O2/c18-14-10-17(8-7-16-14)15(19)13-6-5-11-3-1-2-4-12(11)9-13/h1-4,13H,5-10H2,(H,16,18). The molecular formula is C15H18N2O2. The number of fused-ring (bicyclic) bond motifs is 1. The smallest absolute Gasteiger partial charge is 0.239 e. The Hall–Kier alpha value is -1.84. The molecule has 2 aliphatic rings. The van der Waals surface area contributed by atoms with Crippen LogP contribution in [0.25, 0.3) is 0 Å². The van der Waals surface area contributed by atoms with Crippen molar-refractivity contribution in [2.75, 3.05) is 19.6 Å². The second-order valence-corrected chi connectivity index (χ2v) is 5.32. The second kappa shape index (κ2) is 5.03. The van der Waals surface area contributed by atoms with Crippen LogP contribution in [0.15, 0.2) is 24.3 Å². The van der Waals surface area contributed by atoms with E-state index in [4.69, 9.17) is 0 Å². The van der Waals surface area contributed by atoms with Gasteiger partial charge in [-0.3, -0.25) is 9.59 Å². The molecule has 1 saturated heterocycles.